The molecular formula is C24H23N3O4S. The average Bonchev–Trinajstić information content (AvgIpc) is 3.49. The van der Waals surface area contributed by atoms with E-state index in [4.69, 9.17) is 4.42 Å². The molecule has 1 saturated heterocycles. The van der Waals surface area contributed by atoms with Crippen LogP contribution in [-0.4, -0.2) is 33.1 Å². The minimum absolute atomic E-state index is 0.125. The molecule has 7 nitrogen and oxygen atoms in total. The fourth-order valence-corrected chi connectivity index (χ4v) is 4.57. The van der Waals surface area contributed by atoms with Gasteiger partial charge >= 0.3 is 0 Å². The molecule has 1 aliphatic heterocycles. The molecule has 0 spiro atoms. The number of hydrogen-bond acceptors (Lipinski definition) is 5. The summed E-state index contributed by atoms with van der Waals surface area (Å²) in [5.41, 5.74) is 2.83. The Hall–Kier alpha value is -3.52. The number of hydrogen-bond donors (Lipinski definition) is 1. The van der Waals surface area contributed by atoms with Crippen molar-refractivity contribution in [3.63, 3.8) is 0 Å². The van der Waals surface area contributed by atoms with Gasteiger partial charge in [0, 0.05) is 23.7 Å². The molecule has 0 bridgehead atoms. The Morgan fingerprint density at radius 2 is 2.09 bits per heavy atom. The molecular weight excluding hydrogens is 426 g/mol. The second kappa shape index (κ2) is 9.32. The first-order valence-electron chi connectivity index (χ1n) is 10.3. The Morgan fingerprint density at radius 3 is 2.81 bits per heavy atom. The first kappa shape index (κ1) is 21.7. The van der Waals surface area contributed by atoms with Crippen LogP contribution in [0.5, 0.6) is 0 Å². The molecule has 32 heavy (non-hydrogen) atoms. The number of aromatic nitrogens is 1. The molecule has 1 fully saturated rings. The molecule has 0 aliphatic carbocycles. The maximum absolute atomic E-state index is 12.6. The van der Waals surface area contributed by atoms with Gasteiger partial charge < -0.3 is 14.3 Å². The molecule has 3 aromatic rings. The van der Waals surface area contributed by atoms with Crippen molar-refractivity contribution in [3.8, 4) is 0 Å². The van der Waals surface area contributed by atoms with Crippen molar-refractivity contribution in [2.24, 2.45) is 0 Å². The molecule has 0 radical (unpaired) electrons. The number of carbonyl (C=O) groups excluding carboxylic acids is 3. The number of nitrogens with one attached hydrogen (secondary N) is 1. The summed E-state index contributed by atoms with van der Waals surface area (Å²) < 4.78 is 7.16. The number of aryl methyl sites for hydroxylation is 1. The first-order valence-corrected chi connectivity index (χ1v) is 11.1. The Kier molecular flexibility index (Phi) is 6.32. The molecule has 8 heteroatoms. The summed E-state index contributed by atoms with van der Waals surface area (Å²) in [6, 6.07) is 9.53. The Balaban J connectivity index is 1.66. The number of para-hydroxylation sites is 1. The summed E-state index contributed by atoms with van der Waals surface area (Å²) in [6.45, 7) is 6.28. The highest BCUT2D eigenvalue weighted by molar-refractivity contribution is 8.18. The fourth-order valence-electron chi connectivity index (χ4n) is 3.73. The van der Waals surface area contributed by atoms with Gasteiger partial charge in [0.15, 0.2) is 0 Å². The predicted octanol–water partition coefficient (Wildman–Crippen LogP) is 4.34. The minimum atomic E-state index is -0.330. The van der Waals surface area contributed by atoms with E-state index in [-0.39, 0.29) is 30.1 Å². The van der Waals surface area contributed by atoms with Gasteiger partial charge in [0.2, 0.25) is 5.91 Å². The van der Waals surface area contributed by atoms with Gasteiger partial charge in [-0.1, -0.05) is 31.2 Å². The number of imide groups is 1. The fraction of sp³-hybridized carbons (Fsp3) is 0.208. The lowest BCUT2D eigenvalue weighted by atomic mass is 10.1. The van der Waals surface area contributed by atoms with Gasteiger partial charge in [-0.3, -0.25) is 19.3 Å². The van der Waals surface area contributed by atoms with Crippen molar-refractivity contribution in [2.45, 2.75) is 26.4 Å². The summed E-state index contributed by atoms with van der Waals surface area (Å²) >= 11 is 0.917. The summed E-state index contributed by atoms with van der Waals surface area (Å²) in [5, 5.41) is 3.48. The van der Waals surface area contributed by atoms with E-state index in [1.54, 1.807) is 24.5 Å². The van der Waals surface area contributed by atoms with Crippen molar-refractivity contribution < 1.29 is 18.8 Å². The van der Waals surface area contributed by atoms with E-state index >= 15 is 0 Å². The van der Waals surface area contributed by atoms with Crippen LogP contribution < -0.4 is 5.32 Å². The zero-order chi connectivity index (χ0) is 22.7. The Bertz CT molecular complexity index is 1220. The third kappa shape index (κ3) is 4.27. The van der Waals surface area contributed by atoms with E-state index < -0.39 is 0 Å². The third-order valence-electron chi connectivity index (χ3n) is 5.22. The summed E-state index contributed by atoms with van der Waals surface area (Å²) in [7, 11) is 0. The van der Waals surface area contributed by atoms with Crippen LogP contribution in [0.15, 0.2) is 64.8 Å². The second-order valence-electron chi connectivity index (χ2n) is 7.32. The topological polar surface area (TPSA) is 84.6 Å². The number of thioether (sulfide) groups is 1. The molecule has 0 atom stereocenters. The van der Waals surface area contributed by atoms with Gasteiger partial charge in [0.25, 0.3) is 11.1 Å². The monoisotopic (exact) mass is 449 g/mol. The summed E-state index contributed by atoms with van der Waals surface area (Å²) in [4.78, 5) is 38.9. The highest BCUT2D eigenvalue weighted by Gasteiger charge is 2.34. The zero-order valence-corrected chi connectivity index (χ0v) is 18.5. The van der Waals surface area contributed by atoms with E-state index in [2.05, 4.69) is 18.8 Å². The van der Waals surface area contributed by atoms with Crippen molar-refractivity contribution in [3.05, 3.63) is 77.2 Å². The van der Waals surface area contributed by atoms with E-state index in [1.165, 1.54) is 11.0 Å². The first-order chi connectivity index (χ1) is 15.5. The van der Waals surface area contributed by atoms with E-state index in [0.717, 1.165) is 40.2 Å². The van der Waals surface area contributed by atoms with Crippen LogP contribution in [0.25, 0.3) is 17.0 Å². The van der Waals surface area contributed by atoms with Crippen LogP contribution >= 0.6 is 11.8 Å². The molecule has 3 heterocycles. The molecule has 1 aliphatic rings. The minimum Gasteiger partial charge on any atom is -0.467 e. The van der Waals surface area contributed by atoms with Crippen molar-refractivity contribution in [1.29, 1.82) is 0 Å². The molecule has 4 rings (SSSR count). The van der Waals surface area contributed by atoms with Crippen molar-refractivity contribution in [1.82, 2.24) is 14.8 Å². The number of rotatable bonds is 8. The second-order valence-corrected chi connectivity index (χ2v) is 8.31. The van der Waals surface area contributed by atoms with Crippen LogP contribution in [0.1, 0.15) is 23.8 Å². The average molecular weight is 450 g/mol. The highest BCUT2D eigenvalue weighted by atomic mass is 32.2. The van der Waals surface area contributed by atoms with Crippen LogP contribution in [0.2, 0.25) is 0 Å². The zero-order valence-electron chi connectivity index (χ0n) is 17.7. The van der Waals surface area contributed by atoms with Crippen LogP contribution in [-0.2, 0) is 29.1 Å². The third-order valence-corrected chi connectivity index (χ3v) is 6.13. The van der Waals surface area contributed by atoms with Gasteiger partial charge in [-0.05, 0) is 42.0 Å². The van der Waals surface area contributed by atoms with E-state index in [0.29, 0.717) is 17.2 Å². The summed E-state index contributed by atoms with van der Waals surface area (Å²) in [6.07, 6.45) is 7.48. The van der Waals surface area contributed by atoms with Crippen LogP contribution in [0.3, 0.4) is 0 Å². The van der Waals surface area contributed by atoms with Crippen molar-refractivity contribution in [2.75, 3.05) is 6.54 Å². The number of furan rings is 1. The Morgan fingerprint density at radius 1 is 1.25 bits per heavy atom. The van der Waals surface area contributed by atoms with Gasteiger partial charge in [0.05, 0.1) is 23.2 Å². The van der Waals surface area contributed by atoms with Gasteiger partial charge in [0.1, 0.15) is 12.3 Å². The van der Waals surface area contributed by atoms with Gasteiger partial charge in [-0.2, -0.15) is 0 Å². The lowest BCUT2D eigenvalue weighted by Gasteiger charge is -2.09. The van der Waals surface area contributed by atoms with Gasteiger partial charge in [-0.25, -0.2) is 0 Å². The van der Waals surface area contributed by atoms with Crippen molar-refractivity contribution >= 4 is 45.8 Å². The lowest BCUT2D eigenvalue weighted by Crippen LogP contribution is -2.27. The Labute approximate surface area is 189 Å². The number of fused-ring (bicyclic) bond motifs is 1. The maximum atomic E-state index is 12.6. The molecule has 0 unspecified atom stereocenters. The highest BCUT2D eigenvalue weighted by Crippen LogP contribution is 2.34. The molecule has 1 aromatic carbocycles. The maximum Gasteiger partial charge on any atom is 0.293 e. The molecule has 164 valence electrons. The normalized spacial score (nSPS) is 15.2. The van der Waals surface area contributed by atoms with Gasteiger partial charge in [-0.15, -0.1) is 6.58 Å². The SMILES string of the molecule is C=CCN1C(=O)S/C(=C\c2cn(CC(=O)NCc3ccco3)c3c(CC)cccc23)C1=O. The number of amides is 3. The van der Waals surface area contributed by atoms with Crippen LogP contribution in [0, 0.1) is 0 Å². The van der Waals surface area contributed by atoms with E-state index in [9.17, 15) is 14.4 Å². The molecule has 3 amide bonds. The smallest absolute Gasteiger partial charge is 0.293 e. The molecule has 0 saturated carbocycles. The lowest BCUT2D eigenvalue weighted by molar-refractivity contribution is -0.123. The van der Waals surface area contributed by atoms with E-state index in [1.807, 2.05) is 29.0 Å². The molecule has 1 N–H and O–H groups in total. The summed E-state index contributed by atoms with van der Waals surface area (Å²) in [5.74, 6) is 0.201. The number of carbonyl (C=O) groups is 3. The molecule has 2 aromatic heterocycles. The van der Waals surface area contributed by atoms with Crippen LogP contribution in [0.4, 0.5) is 4.79 Å². The predicted molar refractivity (Wildman–Crippen MR) is 125 cm³/mol. The standard InChI is InChI=1S/C24H23N3O4S/c1-3-10-27-23(29)20(32-24(27)30)12-17-14-26(22-16(4-2)7-5-9-19(17)22)15-21(28)25-13-18-8-6-11-31-18/h3,5-9,11-12,14H,1,4,10,13,15H2,2H3,(H,25,28)/b20-12-. The number of nitrogens with zero attached hydrogens (tertiary/aromatic N) is 2. The number of benzene rings is 1. The largest absolute Gasteiger partial charge is 0.467 e. The quantitative estimate of drug-likeness (QED) is 0.409.